The van der Waals surface area contributed by atoms with Gasteiger partial charge in [-0.2, -0.15) is 5.10 Å². The van der Waals surface area contributed by atoms with Crippen LogP contribution in [0.2, 0.25) is 5.02 Å². The van der Waals surface area contributed by atoms with Gasteiger partial charge >= 0.3 is 0 Å². The number of ketones is 2. The molecule has 5 rings (SSSR count). The number of nitrogens with one attached hydrogen (secondary N) is 1. The molecule has 1 aromatic heterocycles. The highest BCUT2D eigenvalue weighted by Crippen LogP contribution is 2.28. The molecule has 1 saturated heterocycles. The number of piperidine rings is 1. The van der Waals surface area contributed by atoms with Gasteiger partial charge in [-0.3, -0.25) is 14.3 Å². The standard InChI is InChI=1S/C32H33ClN4O3/c1-21-28(20-34-36(21)2)32(40)19-23-5-12-30(29(33)17-23)35-25-8-3-22(4-9-25)18-31(39)24-6-10-26(11-7-24)37-15-13-27(38)14-16-37/h3-12,17,20,27,35,38H,13-16,18-19H2,1-2H3. The van der Waals surface area contributed by atoms with Crippen LogP contribution in [0.25, 0.3) is 0 Å². The predicted octanol–water partition coefficient (Wildman–Crippen LogP) is 5.94. The topological polar surface area (TPSA) is 87.5 Å². The Hall–Kier alpha value is -3.94. The zero-order chi connectivity index (χ0) is 28.2. The first kappa shape index (κ1) is 27.6. The first-order valence-corrected chi connectivity index (χ1v) is 13.9. The maximum atomic E-state index is 12.9. The van der Waals surface area contributed by atoms with Crippen molar-refractivity contribution in [3.63, 3.8) is 0 Å². The van der Waals surface area contributed by atoms with E-state index in [1.165, 1.54) is 0 Å². The first-order valence-electron chi connectivity index (χ1n) is 13.5. The Balaban J connectivity index is 1.16. The molecule has 1 aliphatic rings. The number of halogens is 1. The van der Waals surface area contributed by atoms with Gasteiger partial charge in [0.25, 0.3) is 0 Å². The molecular formula is C32H33ClN4O3. The molecule has 3 aromatic carbocycles. The maximum absolute atomic E-state index is 12.9. The van der Waals surface area contributed by atoms with E-state index in [0.29, 0.717) is 22.6 Å². The van der Waals surface area contributed by atoms with Crippen molar-refractivity contribution in [2.24, 2.45) is 7.05 Å². The van der Waals surface area contributed by atoms with E-state index in [2.05, 4.69) is 15.3 Å². The molecule has 1 fully saturated rings. The summed E-state index contributed by atoms with van der Waals surface area (Å²) in [6.45, 7) is 3.54. The van der Waals surface area contributed by atoms with Crippen molar-refractivity contribution in [2.45, 2.75) is 38.7 Å². The monoisotopic (exact) mass is 556 g/mol. The summed E-state index contributed by atoms with van der Waals surface area (Å²) in [4.78, 5) is 27.8. The second kappa shape index (κ2) is 12.1. The molecule has 0 radical (unpaired) electrons. The van der Waals surface area contributed by atoms with Gasteiger partial charge in [0.15, 0.2) is 11.6 Å². The molecule has 0 aliphatic carbocycles. The van der Waals surface area contributed by atoms with Crippen molar-refractivity contribution in [1.82, 2.24) is 9.78 Å². The van der Waals surface area contributed by atoms with Crippen LogP contribution in [0.15, 0.2) is 72.9 Å². The fourth-order valence-electron chi connectivity index (χ4n) is 4.95. The van der Waals surface area contributed by atoms with Crippen LogP contribution in [0.1, 0.15) is 50.4 Å². The Morgan fingerprint density at radius 1 is 0.950 bits per heavy atom. The van der Waals surface area contributed by atoms with Crippen LogP contribution in [-0.2, 0) is 19.9 Å². The Kier molecular flexibility index (Phi) is 8.33. The molecular weight excluding hydrogens is 524 g/mol. The number of benzene rings is 3. The minimum Gasteiger partial charge on any atom is -0.393 e. The predicted molar refractivity (Wildman–Crippen MR) is 159 cm³/mol. The number of aromatic nitrogens is 2. The quantitative estimate of drug-likeness (QED) is 0.248. The van der Waals surface area contributed by atoms with E-state index in [9.17, 15) is 14.7 Å². The lowest BCUT2D eigenvalue weighted by Gasteiger charge is -2.31. The number of hydrogen-bond acceptors (Lipinski definition) is 6. The summed E-state index contributed by atoms with van der Waals surface area (Å²) in [7, 11) is 1.82. The SMILES string of the molecule is Cc1c(C(=O)Cc2ccc(Nc3ccc(CC(=O)c4ccc(N5CCC(O)CC5)cc4)cc3)c(Cl)c2)cnn1C. The lowest BCUT2D eigenvalue weighted by Crippen LogP contribution is -2.35. The van der Waals surface area contributed by atoms with Crippen molar-refractivity contribution in [1.29, 1.82) is 0 Å². The Bertz CT molecular complexity index is 1500. The molecule has 0 unspecified atom stereocenters. The summed E-state index contributed by atoms with van der Waals surface area (Å²) in [5.74, 6) is 0.0715. The highest BCUT2D eigenvalue weighted by molar-refractivity contribution is 6.33. The summed E-state index contributed by atoms with van der Waals surface area (Å²) in [6, 6.07) is 21.0. The molecule has 0 saturated carbocycles. The number of anilines is 3. The number of Topliss-reactive ketones (excluding diaryl/α,β-unsaturated/α-hetero) is 2. The number of nitrogens with zero attached hydrogens (tertiary/aromatic N) is 3. The van der Waals surface area contributed by atoms with Crippen molar-refractivity contribution in [2.75, 3.05) is 23.3 Å². The van der Waals surface area contributed by atoms with E-state index < -0.39 is 0 Å². The number of carbonyl (C=O) groups is 2. The highest BCUT2D eigenvalue weighted by Gasteiger charge is 2.18. The van der Waals surface area contributed by atoms with Crippen LogP contribution in [-0.4, -0.2) is 45.6 Å². The number of aryl methyl sites for hydroxylation is 1. The van der Waals surface area contributed by atoms with Gasteiger partial charge in [-0.05, 0) is 79.4 Å². The third-order valence-electron chi connectivity index (χ3n) is 7.55. The summed E-state index contributed by atoms with van der Waals surface area (Å²) >= 11 is 6.53. The fraction of sp³-hybridized carbons (Fsp3) is 0.281. The number of rotatable bonds is 9. The van der Waals surface area contributed by atoms with Crippen LogP contribution in [0.4, 0.5) is 17.1 Å². The van der Waals surface area contributed by atoms with Gasteiger partial charge in [0.1, 0.15) is 0 Å². The van der Waals surface area contributed by atoms with Crippen LogP contribution in [0, 0.1) is 6.92 Å². The number of aliphatic hydroxyl groups is 1. The molecule has 7 nitrogen and oxygen atoms in total. The van der Waals surface area contributed by atoms with Gasteiger partial charge in [0, 0.05) is 55.6 Å². The molecule has 0 amide bonds. The smallest absolute Gasteiger partial charge is 0.170 e. The largest absolute Gasteiger partial charge is 0.393 e. The van der Waals surface area contributed by atoms with Crippen LogP contribution in [0.3, 0.4) is 0 Å². The van der Waals surface area contributed by atoms with E-state index in [0.717, 1.165) is 59.8 Å². The molecule has 2 N–H and O–H groups in total. The Morgan fingerprint density at radius 2 is 1.60 bits per heavy atom. The molecule has 0 atom stereocenters. The van der Waals surface area contributed by atoms with E-state index in [-0.39, 0.29) is 24.1 Å². The van der Waals surface area contributed by atoms with Gasteiger partial charge in [-0.1, -0.05) is 29.8 Å². The van der Waals surface area contributed by atoms with E-state index in [1.54, 1.807) is 16.9 Å². The lowest BCUT2D eigenvalue weighted by molar-refractivity contribution is 0.0984. The normalized spacial score (nSPS) is 13.8. The number of aliphatic hydroxyl groups excluding tert-OH is 1. The number of hydrogen-bond donors (Lipinski definition) is 2. The Morgan fingerprint density at radius 3 is 2.23 bits per heavy atom. The van der Waals surface area contributed by atoms with Crippen LogP contribution < -0.4 is 10.2 Å². The van der Waals surface area contributed by atoms with Crippen molar-refractivity contribution < 1.29 is 14.7 Å². The zero-order valence-corrected chi connectivity index (χ0v) is 23.5. The van der Waals surface area contributed by atoms with E-state index >= 15 is 0 Å². The third-order valence-corrected chi connectivity index (χ3v) is 7.86. The van der Waals surface area contributed by atoms with E-state index in [4.69, 9.17) is 11.6 Å². The molecule has 1 aliphatic heterocycles. The van der Waals surface area contributed by atoms with Crippen LogP contribution >= 0.6 is 11.6 Å². The molecule has 0 spiro atoms. The van der Waals surface area contributed by atoms with Crippen molar-refractivity contribution in [3.8, 4) is 0 Å². The van der Waals surface area contributed by atoms with Gasteiger partial charge in [0.05, 0.1) is 28.6 Å². The summed E-state index contributed by atoms with van der Waals surface area (Å²) in [5.41, 5.74) is 6.58. The molecule has 2 heterocycles. The highest BCUT2D eigenvalue weighted by atomic mass is 35.5. The second-order valence-corrected chi connectivity index (χ2v) is 10.8. The van der Waals surface area contributed by atoms with Crippen molar-refractivity contribution in [3.05, 3.63) is 106 Å². The number of carbonyl (C=O) groups excluding carboxylic acids is 2. The minimum atomic E-state index is -0.208. The summed E-state index contributed by atoms with van der Waals surface area (Å²) < 4.78 is 1.69. The van der Waals surface area contributed by atoms with Crippen molar-refractivity contribution >= 4 is 40.2 Å². The summed E-state index contributed by atoms with van der Waals surface area (Å²) in [6.07, 6.45) is 3.51. The maximum Gasteiger partial charge on any atom is 0.170 e. The lowest BCUT2D eigenvalue weighted by atomic mass is 10.0. The average Bonchev–Trinajstić information content (AvgIpc) is 3.29. The van der Waals surface area contributed by atoms with Gasteiger partial charge in [-0.25, -0.2) is 0 Å². The molecule has 0 bridgehead atoms. The second-order valence-electron chi connectivity index (χ2n) is 10.4. The fourth-order valence-corrected chi connectivity index (χ4v) is 5.20. The first-order chi connectivity index (χ1) is 19.3. The van der Waals surface area contributed by atoms with Gasteiger partial charge in [0.2, 0.25) is 0 Å². The molecule has 4 aromatic rings. The molecule has 8 heteroatoms. The Labute approximate surface area is 239 Å². The van der Waals surface area contributed by atoms with Crippen LogP contribution in [0.5, 0.6) is 0 Å². The summed E-state index contributed by atoms with van der Waals surface area (Å²) in [5, 5.41) is 17.7. The minimum absolute atomic E-state index is 0.00573. The van der Waals surface area contributed by atoms with Gasteiger partial charge in [-0.15, -0.1) is 0 Å². The molecule has 206 valence electrons. The third kappa shape index (κ3) is 6.43. The van der Waals surface area contributed by atoms with Gasteiger partial charge < -0.3 is 15.3 Å². The zero-order valence-electron chi connectivity index (χ0n) is 22.7. The average molecular weight is 557 g/mol. The molecule has 40 heavy (non-hydrogen) atoms. The van der Waals surface area contributed by atoms with E-state index in [1.807, 2.05) is 74.6 Å².